The van der Waals surface area contributed by atoms with Gasteiger partial charge < -0.3 is 15.6 Å². The van der Waals surface area contributed by atoms with Crippen LogP contribution in [0.1, 0.15) is 58.2 Å². The van der Waals surface area contributed by atoms with E-state index in [4.69, 9.17) is 0 Å². The normalized spacial score (nSPS) is 10.8. The quantitative estimate of drug-likeness (QED) is 0.509. The molecule has 1 heterocycles. The summed E-state index contributed by atoms with van der Waals surface area (Å²) in [5.74, 6) is -0.438. The van der Waals surface area contributed by atoms with E-state index in [9.17, 15) is 9.59 Å². The molecule has 0 radical (unpaired) electrons. The third-order valence-electron chi connectivity index (χ3n) is 4.80. The van der Waals surface area contributed by atoms with E-state index in [1.54, 1.807) is 12.1 Å². The van der Waals surface area contributed by atoms with E-state index in [1.165, 1.54) is 0 Å². The van der Waals surface area contributed by atoms with Gasteiger partial charge in [0.1, 0.15) is 5.69 Å². The summed E-state index contributed by atoms with van der Waals surface area (Å²) in [6.07, 6.45) is 3.11. The number of unbranched alkanes of at least 4 members (excludes halogenated alkanes) is 2. The van der Waals surface area contributed by atoms with E-state index < -0.39 is 0 Å². The van der Waals surface area contributed by atoms with Crippen LogP contribution in [0.3, 0.4) is 0 Å². The van der Waals surface area contributed by atoms with E-state index in [-0.39, 0.29) is 11.8 Å². The minimum Gasteiger partial charge on any atom is -0.351 e. The number of anilines is 1. The third kappa shape index (κ3) is 4.42. The smallest absolute Gasteiger partial charge is 0.269 e. The van der Waals surface area contributed by atoms with Gasteiger partial charge in [-0.2, -0.15) is 0 Å². The Labute approximate surface area is 165 Å². The highest BCUT2D eigenvalue weighted by molar-refractivity contribution is 6.15. The molecule has 2 aromatic carbocycles. The number of aryl methyl sites for hydroxylation is 2. The summed E-state index contributed by atoms with van der Waals surface area (Å²) in [6.45, 7) is 6.71. The SMILES string of the molecule is CCCCCNC(=O)c1[nH]c2ccc(C)cc2c1NC(=O)c1ccc(C)cc1. The number of fused-ring (bicyclic) bond motifs is 1. The molecule has 0 atom stereocenters. The van der Waals surface area contributed by atoms with Crippen LogP contribution >= 0.6 is 0 Å². The van der Waals surface area contributed by atoms with E-state index >= 15 is 0 Å². The molecule has 146 valence electrons. The predicted molar refractivity (Wildman–Crippen MR) is 114 cm³/mol. The Hall–Kier alpha value is -3.08. The van der Waals surface area contributed by atoms with Crippen molar-refractivity contribution in [2.24, 2.45) is 0 Å². The van der Waals surface area contributed by atoms with E-state index in [2.05, 4.69) is 22.5 Å². The molecule has 5 heteroatoms. The van der Waals surface area contributed by atoms with Crippen LogP contribution in [0.4, 0.5) is 5.69 Å². The summed E-state index contributed by atoms with van der Waals surface area (Å²) in [5, 5.41) is 6.73. The number of aromatic amines is 1. The van der Waals surface area contributed by atoms with Crippen molar-refractivity contribution in [1.29, 1.82) is 0 Å². The molecule has 28 heavy (non-hydrogen) atoms. The molecule has 0 saturated heterocycles. The molecule has 3 N–H and O–H groups in total. The number of aromatic nitrogens is 1. The van der Waals surface area contributed by atoms with Gasteiger partial charge in [0.05, 0.1) is 5.69 Å². The molecule has 0 unspecified atom stereocenters. The standard InChI is InChI=1S/C23H27N3O2/c1-4-5-6-13-24-23(28)21-20(18-14-16(3)9-12-19(18)25-21)26-22(27)17-10-7-15(2)8-11-17/h7-12,14,25H,4-6,13H2,1-3H3,(H,24,28)(H,26,27). The maximum atomic E-state index is 12.8. The van der Waals surface area contributed by atoms with Crippen molar-refractivity contribution < 1.29 is 9.59 Å². The summed E-state index contributed by atoms with van der Waals surface area (Å²) in [5.41, 5.74) is 4.44. The number of carbonyl (C=O) groups excluding carboxylic acids is 2. The third-order valence-corrected chi connectivity index (χ3v) is 4.80. The van der Waals surface area contributed by atoms with Crippen molar-refractivity contribution in [3.63, 3.8) is 0 Å². The average molecular weight is 377 g/mol. The largest absolute Gasteiger partial charge is 0.351 e. The summed E-state index contributed by atoms with van der Waals surface area (Å²) < 4.78 is 0. The fraction of sp³-hybridized carbons (Fsp3) is 0.304. The van der Waals surface area contributed by atoms with Crippen LogP contribution in [0.5, 0.6) is 0 Å². The van der Waals surface area contributed by atoms with Crippen molar-refractivity contribution in [3.8, 4) is 0 Å². The molecule has 0 aliphatic rings. The first-order valence-electron chi connectivity index (χ1n) is 9.78. The number of hydrogen-bond acceptors (Lipinski definition) is 2. The van der Waals surface area contributed by atoms with Crippen LogP contribution in [0.15, 0.2) is 42.5 Å². The Morgan fingerprint density at radius 2 is 1.64 bits per heavy atom. The van der Waals surface area contributed by atoms with Gasteiger partial charge in [-0.15, -0.1) is 0 Å². The minimum atomic E-state index is -0.234. The van der Waals surface area contributed by atoms with Crippen LogP contribution < -0.4 is 10.6 Å². The number of H-pyrrole nitrogens is 1. The van der Waals surface area contributed by atoms with Gasteiger partial charge in [-0.1, -0.05) is 49.1 Å². The van der Waals surface area contributed by atoms with Crippen LogP contribution in [0.25, 0.3) is 10.9 Å². The van der Waals surface area contributed by atoms with Crippen LogP contribution in [-0.4, -0.2) is 23.3 Å². The van der Waals surface area contributed by atoms with Crippen LogP contribution in [-0.2, 0) is 0 Å². The van der Waals surface area contributed by atoms with Gasteiger partial charge in [-0.25, -0.2) is 0 Å². The van der Waals surface area contributed by atoms with Gasteiger partial charge >= 0.3 is 0 Å². The summed E-state index contributed by atoms with van der Waals surface area (Å²) in [6, 6.07) is 13.3. The zero-order valence-electron chi connectivity index (χ0n) is 16.7. The molecule has 0 fully saturated rings. The van der Waals surface area contributed by atoms with Gasteiger partial charge in [0.2, 0.25) is 0 Å². The number of amides is 2. The number of hydrogen-bond donors (Lipinski definition) is 3. The lowest BCUT2D eigenvalue weighted by molar-refractivity contribution is 0.0949. The van der Waals surface area contributed by atoms with E-state index in [0.29, 0.717) is 23.5 Å². The summed E-state index contributed by atoms with van der Waals surface area (Å²) in [4.78, 5) is 28.7. The fourth-order valence-corrected chi connectivity index (χ4v) is 3.16. The Kier molecular flexibility index (Phi) is 6.14. The molecule has 0 bridgehead atoms. The number of nitrogens with one attached hydrogen (secondary N) is 3. The molecule has 5 nitrogen and oxygen atoms in total. The maximum Gasteiger partial charge on any atom is 0.269 e. The second-order valence-corrected chi connectivity index (χ2v) is 7.21. The summed E-state index contributed by atoms with van der Waals surface area (Å²) in [7, 11) is 0. The first kappa shape index (κ1) is 19.7. The predicted octanol–water partition coefficient (Wildman–Crippen LogP) is 4.96. The Balaban J connectivity index is 1.91. The maximum absolute atomic E-state index is 12.8. The van der Waals surface area contributed by atoms with Crippen LogP contribution in [0.2, 0.25) is 0 Å². The number of carbonyl (C=O) groups is 2. The van der Waals surface area contributed by atoms with Gasteiger partial charge in [-0.05, 0) is 44.5 Å². The van der Waals surface area contributed by atoms with Crippen LogP contribution in [0, 0.1) is 13.8 Å². The highest BCUT2D eigenvalue weighted by atomic mass is 16.2. The first-order valence-corrected chi connectivity index (χ1v) is 9.78. The van der Waals surface area contributed by atoms with Crippen molar-refractivity contribution in [3.05, 3.63) is 64.8 Å². The Bertz CT molecular complexity index is 987. The molecule has 0 aliphatic heterocycles. The van der Waals surface area contributed by atoms with Crippen molar-refractivity contribution in [2.75, 3.05) is 11.9 Å². The lowest BCUT2D eigenvalue weighted by Crippen LogP contribution is -2.26. The molecule has 3 aromatic rings. The van der Waals surface area contributed by atoms with E-state index in [1.807, 2.05) is 44.2 Å². The molecule has 1 aromatic heterocycles. The zero-order valence-corrected chi connectivity index (χ0v) is 16.7. The van der Waals surface area contributed by atoms with Gasteiger partial charge in [-0.3, -0.25) is 9.59 Å². The first-order chi connectivity index (χ1) is 13.5. The topological polar surface area (TPSA) is 74.0 Å². The monoisotopic (exact) mass is 377 g/mol. The lowest BCUT2D eigenvalue weighted by atomic mass is 10.1. The number of benzene rings is 2. The molecular formula is C23H27N3O2. The molecule has 0 saturated carbocycles. The average Bonchev–Trinajstić information content (AvgIpc) is 3.03. The zero-order chi connectivity index (χ0) is 20.1. The second-order valence-electron chi connectivity index (χ2n) is 7.21. The molecule has 0 spiro atoms. The van der Waals surface area contributed by atoms with Crippen molar-refractivity contribution in [1.82, 2.24) is 10.3 Å². The molecular weight excluding hydrogens is 350 g/mol. The fourth-order valence-electron chi connectivity index (χ4n) is 3.16. The minimum absolute atomic E-state index is 0.204. The van der Waals surface area contributed by atoms with Gasteiger partial charge in [0.15, 0.2) is 0 Å². The van der Waals surface area contributed by atoms with Gasteiger partial charge in [0, 0.05) is 23.0 Å². The highest BCUT2D eigenvalue weighted by Gasteiger charge is 2.20. The Morgan fingerprint density at radius 3 is 2.36 bits per heavy atom. The van der Waals surface area contributed by atoms with Crippen molar-refractivity contribution >= 4 is 28.4 Å². The van der Waals surface area contributed by atoms with Gasteiger partial charge in [0.25, 0.3) is 11.8 Å². The molecule has 0 aliphatic carbocycles. The van der Waals surface area contributed by atoms with Crippen molar-refractivity contribution in [2.45, 2.75) is 40.0 Å². The number of rotatable bonds is 7. The molecule has 2 amide bonds. The summed E-state index contributed by atoms with van der Waals surface area (Å²) >= 11 is 0. The lowest BCUT2D eigenvalue weighted by Gasteiger charge is -2.09. The Morgan fingerprint density at radius 1 is 0.929 bits per heavy atom. The van der Waals surface area contributed by atoms with E-state index in [0.717, 1.165) is 41.3 Å². The molecule has 3 rings (SSSR count). The second kappa shape index (κ2) is 8.74. The highest BCUT2D eigenvalue weighted by Crippen LogP contribution is 2.29.